The third-order valence-electron chi connectivity index (χ3n) is 4.92. The molecule has 1 aliphatic heterocycles. The van der Waals surface area contributed by atoms with Crippen LogP contribution in [0.25, 0.3) is 0 Å². The summed E-state index contributed by atoms with van der Waals surface area (Å²) in [5, 5.41) is 8.28. The van der Waals surface area contributed by atoms with Crippen LogP contribution < -0.4 is 15.5 Å². The molecule has 1 fully saturated rings. The molecule has 1 aliphatic rings. The van der Waals surface area contributed by atoms with Crippen molar-refractivity contribution in [2.75, 3.05) is 41.7 Å². The Kier molecular flexibility index (Phi) is 7.13. The highest BCUT2D eigenvalue weighted by atomic mass is 35.5. The Morgan fingerprint density at radius 1 is 1.06 bits per heavy atom. The normalized spacial score (nSPS) is 13.7. The number of carbonyl (C=O) groups excluding carboxylic acids is 2. The minimum atomic E-state index is -0.399. The molecule has 1 saturated heterocycles. The van der Waals surface area contributed by atoms with E-state index in [1.807, 2.05) is 10.3 Å². The standard InChI is InChI=1S/C21H22ClN7O2S/c22-15-3-1-4-16(13-15)25-20(31)27-21-26-17(14-32-21)5-6-18(30)28-9-11-29(12-10-28)19-23-7-2-8-24-19/h1-4,7-8,13-14H,5-6,9-12H2,(H2,25,26,27,31). The molecular formula is C21H22ClN7O2S. The van der Waals surface area contributed by atoms with Crippen molar-refractivity contribution in [3.05, 3.63) is 58.8 Å². The van der Waals surface area contributed by atoms with Crippen LogP contribution in [0.15, 0.2) is 48.1 Å². The smallest absolute Gasteiger partial charge is 0.325 e. The summed E-state index contributed by atoms with van der Waals surface area (Å²) in [6, 6.07) is 8.28. The highest BCUT2D eigenvalue weighted by molar-refractivity contribution is 7.13. The molecule has 2 N–H and O–H groups in total. The Morgan fingerprint density at radius 3 is 2.59 bits per heavy atom. The van der Waals surface area contributed by atoms with Crippen LogP contribution in [0.3, 0.4) is 0 Å². The zero-order valence-electron chi connectivity index (χ0n) is 17.2. The lowest BCUT2D eigenvalue weighted by Gasteiger charge is -2.34. The first-order valence-electron chi connectivity index (χ1n) is 10.1. The number of hydrogen-bond donors (Lipinski definition) is 2. The minimum Gasteiger partial charge on any atom is -0.339 e. The fourth-order valence-corrected chi connectivity index (χ4v) is 4.24. The average molecular weight is 472 g/mol. The molecule has 1 aromatic carbocycles. The van der Waals surface area contributed by atoms with Gasteiger partial charge in [-0.1, -0.05) is 17.7 Å². The SMILES string of the molecule is O=C(Nc1cccc(Cl)c1)Nc1nc(CCC(=O)N2CCN(c3ncccn3)CC2)cs1. The zero-order chi connectivity index (χ0) is 22.3. The molecule has 0 saturated carbocycles. The van der Waals surface area contributed by atoms with Gasteiger partial charge in [-0.25, -0.2) is 19.7 Å². The maximum atomic E-state index is 12.6. The third kappa shape index (κ3) is 5.92. The molecule has 0 atom stereocenters. The number of carbonyl (C=O) groups is 2. The van der Waals surface area contributed by atoms with Crippen LogP contribution in [0.4, 0.5) is 21.6 Å². The number of piperazine rings is 1. The molecule has 11 heteroatoms. The van der Waals surface area contributed by atoms with Crippen molar-refractivity contribution in [2.45, 2.75) is 12.8 Å². The summed E-state index contributed by atoms with van der Waals surface area (Å²) >= 11 is 7.24. The summed E-state index contributed by atoms with van der Waals surface area (Å²) in [4.78, 5) is 41.6. The lowest BCUT2D eigenvalue weighted by Crippen LogP contribution is -2.49. The van der Waals surface area contributed by atoms with Gasteiger partial charge in [0, 0.05) is 61.1 Å². The first kappa shape index (κ1) is 22.0. The van der Waals surface area contributed by atoms with Crippen molar-refractivity contribution in [3.63, 3.8) is 0 Å². The molecule has 0 spiro atoms. The summed E-state index contributed by atoms with van der Waals surface area (Å²) in [7, 11) is 0. The summed E-state index contributed by atoms with van der Waals surface area (Å²) in [5.41, 5.74) is 1.37. The quantitative estimate of drug-likeness (QED) is 0.570. The van der Waals surface area contributed by atoms with Gasteiger partial charge in [0.05, 0.1) is 5.69 Å². The van der Waals surface area contributed by atoms with Crippen LogP contribution in [0.2, 0.25) is 5.02 Å². The van der Waals surface area contributed by atoms with Crippen LogP contribution in [0, 0.1) is 0 Å². The number of nitrogens with zero attached hydrogens (tertiary/aromatic N) is 5. The second kappa shape index (κ2) is 10.4. The summed E-state index contributed by atoms with van der Waals surface area (Å²) in [6.07, 6.45) is 4.34. The molecule has 32 heavy (non-hydrogen) atoms. The molecule has 3 aromatic rings. The number of hydrogen-bond acceptors (Lipinski definition) is 7. The Labute approximate surface area is 194 Å². The number of rotatable bonds is 6. The maximum Gasteiger partial charge on any atom is 0.325 e. The van der Waals surface area contributed by atoms with Gasteiger partial charge in [0.25, 0.3) is 0 Å². The van der Waals surface area contributed by atoms with Crippen LogP contribution in [-0.2, 0) is 11.2 Å². The van der Waals surface area contributed by atoms with E-state index in [9.17, 15) is 9.59 Å². The van der Waals surface area contributed by atoms with Crippen molar-refractivity contribution < 1.29 is 9.59 Å². The van der Waals surface area contributed by atoms with E-state index >= 15 is 0 Å². The number of nitrogens with one attached hydrogen (secondary N) is 2. The van der Waals surface area contributed by atoms with Gasteiger partial charge in [0.15, 0.2) is 5.13 Å². The van der Waals surface area contributed by atoms with Gasteiger partial charge in [-0.3, -0.25) is 10.1 Å². The number of anilines is 3. The Balaban J connectivity index is 1.21. The van der Waals surface area contributed by atoms with E-state index in [4.69, 9.17) is 11.6 Å². The van der Waals surface area contributed by atoms with Gasteiger partial charge in [-0.15, -0.1) is 11.3 Å². The largest absolute Gasteiger partial charge is 0.339 e. The van der Waals surface area contributed by atoms with Gasteiger partial charge in [-0.2, -0.15) is 0 Å². The van der Waals surface area contributed by atoms with Crippen molar-refractivity contribution in [3.8, 4) is 0 Å². The molecule has 2 aromatic heterocycles. The number of halogens is 1. The van der Waals surface area contributed by atoms with Crippen molar-refractivity contribution in [1.29, 1.82) is 0 Å². The fourth-order valence-electron chi connectivity index (χ4n) is 3.31. The number of thiazole rings is 1. The van der Waals surface area contributed by atoms with Gasteiger partial charge in [0.2, 0.25) is 11.9 Å². The molecule has 4 rings (SSSR count). The molecule has 0 aliphatic carbocycles. The van der Waals surface area contributed by atoms with Gasteiger partial charge in [0.1, 0.15) is 0 Å². The summed E-state index contributed by atoms with van der Waals surface area (Å²) in [5.74, 6) is 0.793. The molecule has 166 valence electrons. The van der Waals surface area contributed by atoms with Crippen LogP contribution in [0.1, 0.15) is 12.1 Å². The Morgan fingerprint density at radius 2 is 1.84 bits per heavy atom. The number of amides is 3. The topological polar surface area (TPSA) is 103 Å². The monoisotopic (exact) mass is 471 g/mol. The second-order valence-corrected chi connectivity index (χ2v) is 8.44. The predicted octanol–water partition coefficient (Wildman–Crippen LogP) is 3.51. The summed E-state index contributed by atoms with van der Waals surface area (Å²) < 4.78 is 0. The van der Waals surface area contributed by atoms with Gasteiger partial charge >= 0.3 is 6.03 Å². The first-order chi connectivity index (χ1) is 15.6. The second-order valence-electron chi connectivity index (χ2n) is 7.15. The van der Waals surface area contributed by atoms with Crippen LogP contribution >= 0.6 is 22.9 Å². The first-order valence-corrected chi connectivity index (χ1v) is 11.4. The van der Waals surface area contributed by atoms with Crippen molar-refractivity contribution >= 4 is 51.6 Å². The van der Waals surface area contributed by atoms with Crippen LogP contribution in [-0.4, -0.2) is 58.0 Å². The molecule has 0 radical (unpaired) electrons. The van der Waals surface area contributed by atoms with Gasteiger partial charge < -0.3 is 15.1 Å². The molecule has 3 heterocycles. The van der Waals surface area contributed by atoms with Crippen LogP contribution in [0.5, 0.6) is 0 Å². The number of aryl methyl sites for hydroxylation is 1. The number of benzene rings is 1. The maximum absolute atomic E-state index is 12.6. The Bertz CT molecular complexity index is 1070. The minimum absolute atomic E-state index is 0.0971. The Hall–Kier alpha value is -3.24. The third-order valence-corrected chi connectivity index (χ3v) is 5.96. The molecule has 0 bridgehead atoms. The van der Waals surface area contributed by atoms with E-state index < -0.39 is 6.03 Å². The molecule has 0 unspecified atom stereocenters. The van der Waals surface area contributed by atoms with E-state index in [0.717, 1.165) is 5.69 Å². The van der Waals surface area contributed by atoms with E-state index in [1.54, 1.807) is 42.7 Å². The van der Waals surface area contributed by atoms with Crippen molar-refractivity contribution in [1.82, 2.24) is 19.9 Å². The van der Waals surface area contributed by atoms with E-state index in [2.05, 4.69) is 30.5 Å². The highest BCUT2D eigenvalue weighted by Crippen LogP contribution is 2.19. The van der Waals surface area contributed by atoms with E-state index in [0.29, 0.717) is 60.8 Å². The zero-order valence-corrected chi connectivity index (χ0v) is 18.8. The van der Waals surface area contributed by atoms with Crippen molar-refractivity contribution in [2.24, 2.45) is 0 Å². The van der Waals surface area contributed by atoms with Gasteiger partial charge in [-0.05, 0) is 30.7 Å². The molecular weight excluding hydrogens is 450 g/mol. The van der Waals surface area contributed by atoms with E-state index in [-0.39, 0.29) is 5.91 Å². The average Bonchev–Trinajstić information content (AvgIpc) is 3.25. The lowest BCUT2D eigenvalue weighted by molar-refractivity contribution is -0.131. The predicted molar refractivity (Wildman–Crippen MR) is 125 cm³/mol. The molecule has 9 nitrogen and oxygen atoms in total. The molecule has 3 amide bonds. The fraction of sp³-hybridized carbons (Fsp3) is 0.286. The summed E-state index contributed by atoms with van der Waals surface area (Å²) in [6.45, 7) is 2.71. The number of aromatic nitrogens is 3. The number of urea groups is 1. The lowest BCUT2D eigenvalue weighted by atomic mass is 10.2. The highest BCUT2D eigenvalue weighted by Gasteiger charge is 2.22. The van der Waals surface area contributed by atoms with E-state index in [1.165, 1.54) is 11.3 Å².